The standard InChI is InChI=1S/C23H26F3N3O4S/c1-14-19(8-9-20(28-14)23(24,25)26)34(31,32)22(2)18-11-17(10-16(18)12-27-22)29-21(30)33-13-15-6-4-3-5-7-15/h3-9,16-18,27H,10-13H2,1-2H3,(H,29,30)/t16-,17+,18+,22+/m1/s1. The van der Waals surface area contributed by atoms with Gasteiger partial charge in [0.2, 0.25) is 0 Å². The summed E-state index contributed by atoms with van der Waals surface area (Å²) in [5.74, 6) is -0.347. The number of carbonyl (C=O) groups is 1. The lowest BCUT2D eigenvalue weighted by Crippen LogP contribution is -2.50. The van der Waals surface area contributed by atoms with E-state index < -0.39 is 32.7 Å². The van der Waals surface area contributed by atoms with Crippen molar-refractivity contribution in [3.8, 4) is 0 Å². The van der Waals surface area contributed by atoms with Crippen molar-refractivity contribution in [1.29, 1.82) is 0 Å². The number of alkyl halides is 3. The predicted octanol–water partition coefficient (Wildman–Crippen LogP) is 3.82. The molecule has 1 aliphatic carbocycles. The summed E-state index contributed by atoms with van der Waals surface area (Å²) in [6.07, 6.45) is -4.25. The van der Waals surface area contributed by atoms with Gasteiger partial charge in [0, 0.05) is 6.04 Å². The second-order valence-electron chi connectivity index (χ2n) is 9.01. The number of carbonyl (C=O) groups excluding carboxylic acids is 1. The molecule has 1 amide bonds. The third-order valence-corrected chi connectivity index (χ3v) is 9.40. The molecule has 2 aromatic rings. The van der Waals surface area contributed by atoms with Crippen LogP contribution in [0, 0.1) is 18.8 Å². The third kappa shape index (κ3) is 4.50. The summed E-state index contributed by atoms with van der Waals surface area (Å²) < 4.78 is 71.4. The zero-order valence-corrected chi connectivity index (χ0v) is 19.5. The minimum Gasteiger partial charge on any atom is -0.445 e. The smallest absolute Gasteiger partial charge is 0.433 e. The summed E-state index contributed by atoms with van der Waals surface area (Å²) in [6.45, 7) is 3.37. The lowest BCUT2D eigenvalue weighted by atomic mass is 9.95. The average molecular weight is 498 g/mol. The van der Waals surface area contributed by atoms with Crippen molar-refractivity contribution in [2.45, 2.75) is 55.3 Å². The van der Waals surface area contributed by atoms with Crippen LogP contribution in [0.5, 0.6) is 0 Å². The molecule has 2 aliphatic rings. The number of hydrogen-bond donors (Lipinski definition) is 2. The summed E-state index contributed by atoms with van der Waals surface area (Å²) in [5.41, 5.74) is -0.478. The van der Waals surface area contributed by atoms with Crippen molar-refractivity contribution in [3.63, 3.8) is 0 Å². The number of aromatic nitrogens is 1. The molecule has 2 fully saturated rings. The van der Waals surface area contributed by atoms with Crippen molar-refractivity contribution in [1.82, 2.24) is 15.6 Å². The number of benzene rings is 1. The molecule has 1 saturated carbocycles. The predicted molar refractivity (Wildman–Crippen MR) is 117 cm³/mol. The van der Waals surface area contributed by atoms with E-state index in [1.54, 1.807) is 6.92 Å². The van der Waals surface area contributed by atoms with Crippen molar-refractivity contribution < 1.29 is 31.1 Å². The highest BCUT2D eigenvalue weighted by Crippen LogP contribution is 2.48. The van der Waals surface area contributed by atoms with Crippen LogP contribution in [-0.4, -0.2) is 37.0 Å². The Morgan fingerprint density at radius 3 is 2.56 bits per heavy atom. The van der Waals surface area contributed by atoms with Crippen LogP contribution >= 0.6 is 0 Å². The molecule has 11 heteroatoms. The van der Waals surface area contributed by atoms with Gasteiger partial charge in [0.1, 0.15) is 17.2 Å². The quantitative estimate of drug-likeness (QED) is 0.652. The monoisotopic (exact) mass is 497 g/mol. The molecular weight excluding hydrogens is 471 g/mol. The van der Waals surface area contributed by atoms with E-state index in [-0.39, 0.29) is 35.1 Å². The number of rotatable bonds is 5. The number of halogens is 3. The molecular formula is C23H26F3N3O4S. The van der Waals surface area contributed by atoms with E-state index in [1.807, 2.05) is 30.3 Å². The minimum absolute atomic E-state index is 0.0121. The molecule has 0 spiro atoms. The van der Waals surface area contributed by atoms with Crippen LogP contribution < -0.4 is 10.6 Å². The number of fused-ring (bicyclic) bond motifs is 1. The first-order valence-corrected chi connectivity index (χ1v) is 12.4. The number of hydrogen-bond acceptors (Lipinski definition) is 6. The van der Waals surface area contributed by atoms with Crippen LogP contribution in [-0.2, 0) is 27.4 Å². The van der Waals surface area contributed by atoms with E-state index >= 15 is 0 Å². The SMILES string of the molecule is Cc1nc(C(F)(F)F)ccc1S(=O)(=O)[C@]1(C)NC[C@H]2C[C@H](NC(=O)OCc3ccccc3)C[C@@H]21. The Kier molecular flexibility index (Phi) is 6.36. The number of amides is 1. The van der Waals surface area contributed by atoms with Gasteiger partial charge in [0.25, 0.3) is 0 Å². The largest absolute Gasteiger partial charge is 0.445 e. The maximum absolute atomic E-state index is 13.6. The molecule has 34 heavy (non-hydrogen) atoms. The maximum atomic E-state index is 13.6. The molecule has 7 nitrogen and oxygen atoms in total. The summed E-state index contributed by atoms with van der Waals surface area (Å²) >= 11 is 0. The van der Waals surface area contributed by atoms with Crippen molar-refractivity contribution in [3.05, 3.63) is 59.4 Å². The van der Waals surface area contributed by atoms with E-state index in [0.29, 0.717) is 25.5 Å². The normalized spacial score (nSPS) is 26.8. The zero-order chi connectivity index (χ0) is 24.7. The highest BCUT2D eigenvalue weighted by molar-refractivity contribution is 7.92. The number of pyridine rings is 1. The van der Waals surface area contributed by atoms with Crippen LogP contribution in [0.3, 0.4) is 0 Å². The van der Waals surface area contributed by atoms with E-state index in [1.165, 1.54) is 6.92 Å². The Bertz CT molecular complexity index is 1170. The minimum atomic E-state index is -4.66. The van der Waals surface area contributed by atoms with Crippen molar-refractivity contribution >= 4 is 15.9 Å². The van der Waals surface area contributed by atoms with Gasteiger partial charge < -0.3 is 10.1 Å². The summed E-state index contributed by atoms with van der Waals surface area (Å²) in [4.78, 5) is 14.1. The molecule has 184 valence electrons. The van der Waals surface area contributed by atoms with Gasteiger partial charge in [0.05, 0.1) is 10.6 Å². The Morgan fingerprint density at radius 1 is 1.21 bits per heavy atom. The average Bonchev–Trinajstić information content (AvgIpc) is 3.32. The molecule has 0 bridgehead atoms. The van der Waals surface area contributed by atoms with Gasteiger partial charge in [-0.05, 0) is 62.8 Å². The second kappa shape index (κ2) is 8.84. The molecule has 1 aromatic heterocycles. The van der Waals surface area contributed by atoms with E-state index in [9.17, 15) is 26.4 Å². The topological polar surface area (TPSA) is 97.4 Å². The van der Waals surface area contributed by atoms with Gasteiger partial charge >= 0.3 is 12.3 Å². The van der Waals surface area contributed by atoms with Crippen LogP contribution in [0.15, 0.2) is 47.4 Å². The molecule has 2 N–H and O–H groups in total. The van der Waals surface area contributed by atoms with Gasteiger partial charge in [0.15, 0.2) is 9.84 Å². The molecule has 4 rings (SSSR count). The van der Waals surface area contributed by atoms with Gasteiger partial charge in [-0.1, -0.05) is 30.3 Å². The third-order valence-electron chi connectivity index (χ3n) is 6.83. The fourth-order valence-electron chi connectivity index (χ4n) is 5.05. The van der Waals surface area contributed by atoms with E-state index in [2.05, 4.69) is 15.6 Å². The highest BCUT2D eigenvalue weighted by Gasteiger charge is 2.57. The molecule has 0 unspecified atom stereocenters. The van der Waals surface area contributed by atoms with Gasteiger partial charge in [-0.3, -0.25) is 5.32 Å². The van der Waals surface area contributed by atoms with Crippen LogP contribution in [0.25, 0.3) is 0 Å². The highest BCUT2D eigenvalue weighted by atomic mass is 32.2. The summed E-state index contributed by atoms with van der Waals surface area (Å²) in [5, 5.41) is 5.91. The Balaban J connectivity index is 1.46. The maximum Gasteiger partial charge on any atom is 0.433 e. The first-order valence-electron chi connectivity index (χ1n) is 10.9. The van der Waals surface area contributed by atoms with Crippen LogP contribution in [0.2, 0.25) is 0 Å². The fourth-order valence-corrected chi connectivity index (χ4v) is 7.15. The molecule has 1 saturated heterocycles. The molecule has 1 aromatic carbocycles. The number of nitrogens with one attached hydrogen (secondary N) is 2. The Morgan fingerprint density at radius 2 is 1.91 bits per heavy atom. The number of aryl methyl sites for hydroxylation is 1. The van der Waals surface area contributed by atoms with Crippen molar-refractivity contribution in [2.75, 3.05) is 6.54 Å². The lowest BCUT2D eigenvalue weighted by molar-refractivity contribution is -0.141. The molecule has 2 heterocycles. The number of alkyl carbamates (subject to hydrolysis) is 1. The summed E-state index contributed by atoms with van der Waals surface area (Å²) in [6, 6.07) is 10.6. The van der Waals surface area contributed by atoms with Gasteiger partial charge in [-0.15, -0.1) is 0 Å². The summed E-state index contributed by atoms with van der Waals surface area (Å²) in [7, 11) is -4.07. The van der Waals surface area contributed by atoms with Crippen LogP contribution in [0.4, 0.5) is 18.0 Å². The molecule has 1 aliphatic heterocycles. The van der Waals surface area contributed by atoms with Gasteiger partial charge in [-0.25, -0.2) is 18.2 Å². The first kappa shape index (κ1) is 24.5. The molecule has 0 radical (unpaired) electrons. The first-order chi connectivity index (χ1) is 15.9. The fraction of sp³-hybridized carbons (Fsp3) is 0.478. The lowest BCUT2D eigenvalue weighted by Gasteiger charge is -2.32. The zero-order valence-electron chi connectivity index (χ0n) is 18.7. The van der Waals surface area contributed by atoms with E-state index in [4.69, 9.17) is 4.74 Å². The van der Waals surface area contributed by atoms with Gasteiger partial charge in [-0.2, -0.15) is 13.2 Å². The van der Waals surface area contributed by atoms with E-state index in [0.717, 1.165) is 11.6 Å². The molecule has 4 atom stereocenters. The number of ether oxygens (including phenoxy) is 1. The number of sulfone groups is 1. The van der Waals surface area contributed by atoms with Crippen molar-refractivity contribution in [2.24, 2.45) is 11.8 Å². The Labute approximate surface area is 196 Å². The van der Waals surface area contributed by atoms with Crippen LogP contribution in [0.1, 0.15) is 36.7 Å². The Hall–Kier alpha value is -2.66. The number of nitrogens with zero attached hydrogens (tertiary/aromatic N) is 1. The second-order valence-corrected chi connectivity index (χ2v) is 11.3.